The van der Waals surface area contributed by atoms with Crippen LogP contribution in [0.15, 0.2) is 255 Å². The van der Waals surface area contributed by atoms with Crippen LogP contribution in [-0.2, 0) is 5.41 Å². The molecule has 0 amide bonds. The standard InChI is InChI=1S/C68H49N3/c1-3-18-45(46-19-5-4-6-20-46)33-32-44(2)63-42-51(43-64(70-63)48-36-34-47(35-37-48)61-30-15-16-40-69-61)49-21-17-22-50(41-49)67-56-38-39-60-66(65(56)55-26-10-14-31-62(55)71-67)54-25-9-13-29-59(54)68(60)57-27-11-7-23-52(57)53-24-8-12-28-58(53)68/h4-29,31-43,63,69-70H,2-3H2,1H3/b33-32-,45-18+. The highest BCUT2D eigenvalue weighted by molar-refractivity contribution is 6.20. The van der Waals surface area contributed by atoms with Crippen molar-refractivity contribution in [2.24, 2.45) is 0 Å². The molecule has 3 heterocycles. The number of hydrogen-bond donors (Lipinski definition) is 2. The van der Waals surface area contributed by atoms with Crippen LogP contribution in [0.2, 0.25) is 0 Å². The molecule has 13 rings (SSSR count). The molecule has 336 valence electrons. The summed E-state index contributed by atoms with van der Waals surface area (Å²) in [6.45, 7) is 6.85. The van der Waals surface area contributed by atoms with Gasteiger partial charge in [-0.15, -0.1) is 0 Å². The van der Waals surface area contributed by atoms with E-state index in [-0.39, 0.29) is 6.04 Å². The SMILES string of the molecule is C=C(/C=C\C(=C/CC)c1ccccc1)C1C=C(c2cccc(-c3nc4ccccc4c4c5c(ccc34)C3(c4ccccc4-c4ccccc43)c3ccccc3-5)c2)C=C(c2ccc(C3=C=CC=CN3)cc2)N1. The number of fused-ring (bicyclic) bond motifs is 14. The third-order valence-corrected chi connectivity index (χ3v) is 14.8. The zero-order chi connectivity index (χ0) is 47.5. The summed E-state index contributed by atoms with van der Waals surface area (Å²) in [6.07, 6.45) is 18.0. The molecule has 9 aromatic rings. The maximum Gasteiger partial charge on any atom is 0.0886 e. The van der Waals surface area contributed by atoms with Crippen LogP contribution >= 0.6 is 0 Å². The first-order valence-electron chi connectivity index (χ1n) is 24.7. The molecule has 2 aliphatic carbocycles. The van der Waals surface area contributed by atoms with E-state index in [9.17, 15) is 0 Å². The number of hydrogen-bond acceptors (Lipinski definition) is 3. The van der Waals surface area contributed by atoms with Crippen molar-refractivity contribution in [2.75, 3.05) is 0 Å². The second kappa shape index (κ2) is 17.2. The second-order valence-corrected chi connectivity index (χ2v) is 18.8. The molecule has 8 aromatic carbocycles. The van der Waals surface area contributed by atoms with Gasteiger partial charge in [0.15, 0.2) is 0 Å². The molecule has 1 spiro atoms. The Morgan fingerprint density at radius 1 is 0.634 bits per heavy atom. The molecule has 3 nitrogen and oxygen atoms in total. The highest BCUT2D eigenvalue weighted by Gasteiger charge is 2.52. The third kappa shape index (κ3) is 6.85. The summed E-state index contributed by atoms with van der Waals surface area (Å²) >= 11 is 0. The van der Waals surface area contributed by atoms with Gasteiger partial charge in [0.1, 0.15) is 0 Å². The maximum atomic E-state index is 5.54. The van der Waals surface area contributed by atoms with E-state index in [1.165, 1.54) is 61.0 Å². The molecule has 0 saturated heterocycles. The van der Waals surface area contributed by atoms with Crippen molar-refractivity contribution in [3.63, 3.8) is 0 Å². The number of para-hydroxylation sites is 1. The van der Waals surface area contributed by atoms with Gasteiger partial charge in [0.05, 0.1) is 28.4 Å². The molecular formula is C68H49N3. The van der Waals surface area contributed by atoms with E-state index in [1.54, 1.807) is 0 Å². The lowest BCUT2D eigenvalue weighted by Crippen LogP contribution is -2.29. The van der Waals surface area contributed by atoms with E-state index >= 15 is 0 Å². The van der Waals surface area contributed by atoms with Crippen LogP contribution in [0.4, 0.5) is 0 Å². The van der Waals surface area contributed by atoms with Gasteiger partial charge < -0.3 is 10.6 Å². The highest BCUT2D eigenvalue weighted by Crippen LogP contribution is 2.64. The lowest BCUT2D eigenvalue weighted by molar-refractivity contribution is 0.794. The summed E-state index contributed by atoms with van der Waals surface area (Å²) in [5.41, 5.74) is 26.1. The molecule has 0 saturated carbocycles. The van der Waals surface area contributed by atoms with Crippen LogP contribution in [0.25, 0.3) is 77.7 Å². The summed E-state index contributed by atoms with van der Waals surface area (Å²) in [6, 6.07) is 68.7. The van der Waals surface area contributed by atoms with Crippen LogP contribution in [-0.4, -0.2) is 11.0 Å². The minimum Gasteiger partial charge on any atom is -0.374 e. The van der Waals surface area contributed by atoms with Crippen molar-refractivity contribution in [1.29, 1.82) is 0 Å². The Morgan fingerprint density at radius 3 is 2.06 bits per heavy atom. The Morgan fingerprint density at radius 2 is 1.31 bits per heavy atom. The zero-order valence-corrected chi connectivity index (χ0v) is 39.5. The number of rotatable bonds is 9. The largest absolute Gasteiger partial charge is 0.374 e. The first-order chi connectivity index (χ1) is 35.1. The van der Waals surface area contributed by atoms with Crippen molar-refractivity contribution >= 4 is 44.2 Å². The number of dihydropyridines is 1. The molecule has 0 fully saturated rings. The predicted octanol–water partition coefficient (Wildman–Crippen LogP) is 16.0. The molecule has 0 radical (unpaired) electrons. The lowest BCUT2D eigenvalue weighted by atomic mass is 9.70. The van der Waals surface area contributed by atoms with Gasteiger partial charge in [-0.3, -0.25) is 0 Å². The fraction of sp³-hybridized carbons (Fsp3) is 0.0588. The Balaban J connectivity index is 0.959. The third-order valence-electron chi connectivity index (χ3n) is 14.8. The van der Waals surface area contributed by atoms with Gasteiger partial charge in [-0.2, -0.15) is 0 Å². The fourth-order valence-electron chi connectivity index (χ4n) is 11.6. The molecule has 1 atom stereocenters. The van der Waals surface area contributed by atoms with E-state index in [1.807, 2.05) is 18.4 Å². The van der Waals surface area contributed by atoms with Gasteiger partial charge >= 0.3 is 0 Å². The normalized spacial score (nSPS) is 15.9. The van der Waals surface area contributed by atoms with Crippen LogP contribution in [0.5, 0.6) is 0 Å². The van der Waals surface area contributed by atoms with Gasteiger partial charge in [0.25, 0.3) is 0 Å². The molecule has 0 bridgehead atoms. The molecule has 71 heavy (non-hydrogen) atoms. The predicted molar refractivity (Wildman–Crippen MR) is 297 cm³/mol. The van der Waals surface area contributed by atoms with Crippen LogP contribution in [0, 0.1) is 0 Å². The van der Waals surface area contributed by atoms with E-state index in [0.717, 1.165) is 73.2 Å². The van der Waals surface area contributed by atoms with Gasteiger partial charge in [0.2, 0.25) is 0 Å². The number of nitrogens with one attached hydrogen (secondary N) is 2. The zero-order valence-electron chi connectivity index (χ0n) is 39.5. The highest BCUT2D eigenvalue weighted by atomic mass is 14.9. The Labute approximate surface area is 415 Å². The minimum atomic E-state index is -0.437. The van der Waals surface area contributed by atoms with Gasteiger partial charge in [-0.05, 0) is 121 Å². The van der Waals surface area contributed by atoms with E-state index in [2.05, 4.69) is 248 Å². The first-order valence-corrected chi connectivity index (χ1v) is 24.7. The monoisotopic (exact) mass is 907 g/mol. The summed E-state index contributed by atoms with van der Waals surface area (Å²) in [5.74, 6) is 0. The van der Waals surface area contributed by atoms with Gasteiger partial charge in [-0.1, -0.05) is 213 Å². The second-order valence-electron chi connectivity index (χ2n) is 18.8. The van der Waals surface area contributed by atoms with Crippen molar-refractivity contribution in [2.45, 2.75) is 24.8 Å². The molecule has 1 unspecified atom stereocenters. The van der Waals surface area contributed by atoms with Crippen LogP contribution in [0.3, 0.4) is 0 Å². The molecule has 2 N–H and O–H groups in total. The smallest absolute Gasteiger partial charge is 0.0886 e. The summed E-state index contributed by atoms with van der Waals surface area (Å²) in [5, 5.41) is 10.7. The maximum absolute atomic E-state index is 5.54. The number of benzene rings is 8. The fourth-order valence-corrected chi connectivity index (χ4v) is 11.6. The Bertz CT molecular complexity index is 3860. The number of nitrogens with zero attached hydrogens (tertiary/aromatic N) is 1. The van der Waals surface area contributed by atoms with E-state index in [4.69, 9.17) is 4.98 Å². The first kappa shape index (κ1) is 42.1. The Hall–Kier alpha value is -9.01. The number of pyridine rings is 1. The average molecular weight is 908 g/mol. The quantitative estimate of drug-likeness (QED) is 0.0861. The number of allylic oxidation sites excluding steroid dienone is 7. The van der Waals surface area contributed by atoms with Crippen molar-refractivity contribution < 1.29 is 0 Å². The molecule has 2 aliphatic heterocycles. The van der Waals surface area contributed by atoms with E-state index in [0.29, 0.717) is 0 Å². The van der Waals surface area contributed by atoms with Crippen molar-refractivity contribution in [3.8, 4) is 33.5 Å². The van der Waals surface area contributed by atoms with Crippen molar-refractivity contribution in [1.82, 2.24) is 15.6 Å². The van der Waals surface area contributed by atoms with E-state index < -0.39 is 5.41 Å². The summed E-state index contributed by atoms with van der Waals surface area (Å²) in [4.78, 5) is 5.54. The molecule has 3 heteroatoms. The lowest BCUT2D eigenvalue weighted by Gasteiger charge is -2.30. The molecule has 1 aromatic heterocycles. The van der Waals surface area contributed by atoms with Crippen LogP contribution in [0.1, 0.15) is 57.9 Å². The molecule has 4 aliphatic rings. The van der Waals surface area contributed by atoms with Crippen LogP contribution < -0.4 is 10.6 Å². The van der Waals surface area contributed by atoms with Gasteiger partial charge in [-0.25, -0.2) is 4.98 Å². The Kier molecular flexibility index (Phi) is 10.2. The summed E-state index contributed by atoms with van der Waals surface area (Å²) in [7, 11) is 0. The minimum absolute atomic E-state index is 0.167. The van der Waals surface area contributed by atoms with Crippen molar-refractivity contribution in [3.05, 3.63) is 299 Å². The molecular weight excluding hydrogens is 859 g/mol. The topological polar surface area (TPSA) is 37.0 Å². The average Bonchev–Trinajstić information content (AvgIpc) is 3.92. The van der Waals surface area contributed by atoms with Gasteiger partial charge in [0, 0.05) is 39.2 Å². The number of aromatic nitrogens is 1. The summed E-state index contributed by atoms with van der Waals surface area (Å²) < 4.78 is 0.